The molecule has 2 N–H and O–H groups in total. The largest absolute Gasteiger partial charge is 0.371 e. The van der Waals surface area contributed by atoms with E-state index in [9.17, 15) is 8.42 Å². The molecule has 0 aromatic heterocycles. The molecule has 2 rings (SSSR count). The van der Waals surface area contributed by atoms with Gasteiger partial charge in [-0.25, -0.2) is 8.42 Å². The average molecular weight is 268 g/mol. The second kappa shape index (κ2) is 4.90. The Balaban J connectivity index is 2.19. The highest BCUT2D eigenvalue weighted by molar-refractivity contribution is 7.91. The van der Waals surface area contributed by atoms with E-state index in [-0.39, 0.29) is 11.8 Å². The molecule has 0 saturated carbocycles. The summed E-state index contributed by atoms with van der Waals surface area (Å²) >= 11 is 0. The Morgan fingerprint density at radius 2 is 2.17 bits per heavy atom. The Bertz CT molecular complexity index is 540. The topological polar surface area (TPSA) is 63.4 Å². The maximum Gasteiger partial charge on any atom is 0.152 e. The molecule has 1 fully saturated rings. The van der Waals surface area contributed by atoms with Gasteiger partial charge in [0.25, 0.3) is 0 Å². The smallest absolute Gasteiger partial charge is 0.152 e. The fourth-order valence-corrected chi connectivity index (χ4v) is 4.19. The molecule has 0 radical (unpaired) electrons. The van der Waals surface area contributed by atoms with Crippen molar-refractivity contribution in [3.8, 4) is 0 Å². The molecular weight excluding hydrogens is 248 g/mol. The molecular formula is C13H20N2O2S. The molecule has 1 saturated heterocycles. The summed E-state index contributed by atoms with van der Waals surface area (Å²) < 4.78 is 23.0. The van der Waals surface area contributed by atoms with Crippen molar-refractivity contribution in [3.05, 3.63) is 29.3 Å². The van der Waals surface area contributed by atoms with Gasteiger partial charge in [-0.2, -0.15) is 0 Å². The maximum atomic E-state index is 11.5. The number of rotatable bonds is 3. The molecule has 1 aromatic carbocycles. The van der Waals surface area contributed by atoms with Crippen LogP contribution in [-0.2, 0) is 16.4 Å². The van der Waals surface area contributed by atoms with Gasteiger partial charge in [0, 0.05) is 25.3 Å². The Hall–Kier alpha value is -1.07. The van der Waals surface area contributed by atoms with Gasteiger partial charge in [-0.15, -0.1) is 0 Å². The number of benzene rings is 1. The molecule has 18 heavy (non-hydrogen) atoms. The van der Waals surface area contributed by atoms with Crippen molar-refractivity contribution in [2.45, 2.75) is 25.9 Å². The summed E-state index contributed by atoms with van der Waals surface area (Å²) in [5.41, 5.74) is 8.99. The first-order valence-corrected chi connectivity index (χ1v) is 7.98. The fraction of sp³-hybridized carbons (Fsp3) is 0.538. The Labute approximate surface area is 109 Å². The van der Waals surface area contributed by atoms with Crippen molar-refractivity contribution in [2.24, 2.45) is 5.73 Å². The summed E-state index contributed by atoms with van der Waals surface area (Å²) in [4.78, 5) is 2.07. The van der Waals surface area contributed by atoms with Crippen LogP contribution in [0.4, 0.5) is 5.69 Å². The molecule has 1 aliphatic heterocycles. The van der Waals surface area contributed by atoms with Crippen molar-refractivity contribution >= 4 is 15.5 Å². The van der Waals surface area contributed by atoms with Gasteiger partial charge in [0.15, 0.2) is 9.84 Å². The number of nitrogens with zero attached hydrogens (tertiary/aromatic N) is 1. The number of nitrogens with two attached hydrogens (primary N) is 1. The lowest BCUT2D eigenvalue weighted by Crippen LogP contribution is -2.32. The summed E-state index contributed by atoms with van der Waals surface area (Å²) in [6.07, 6.45) is 0.719. The van der Waals surface area contributed by atoms with Gasteiger partial charge in [0.1, 0.15) is 0 Å². The van der Waals surface area contributed by atoms with E-state index in [1.807, 2.05) is 26.1 Å². The highest BCUT2D eigenvalue weighted by atomic mass is 32.2. The first kappa shape index (κ1) is 13.4. The molecule has 1 aromatic rings. The van der Waals surface area contributed by atoms with Gasteiger partial charge >= 0.3 is 0 Å². The number of aryl methyl sites for hydroxylation is 1. The summed E-state index contributed by atoms with van der Waals surface area (Å²) in [5.74, 6) is 0.572. The summed E-state index contributed by atoms with van der Waals surface area (Å²) in [7, 11) is -0.872. The zero-order valence-electron chi connectivity index (χ0n) is 10.9. The highest BCUT2D eigenvalue weighted by Gasteiger charge is 2.30. The first-order valence-electron chi connectivity index (χ1n) is 6.16. The van der Waals surface area contributed by atoms with Crippen LogP contribution in [0, 0.1) is 6.92 Å². The van der Waals surface area contributed by atoms with Gasteiger partial charge in [-0.05, 0) is 36.6 Å². The third-order valence-corrected chi connectivity index (χ3v) is 5.46. The molecule has 0 spiro atoms. The SMILES string of the molecule is Cc1cc(N(C)C2CCS(=O)(=O)C2)ccc1CN. The minimum Gasteiger partial charge on any atom is -0.371 e. The van der Waals surface area contributed by atoms with Gasteiger partial charge in [-0.1, -0.05) is 6.07 Å². The zero-order valence-corrected chi connectivity index (χ0v) is 11.7. The quantitative estimate of drug-likeness (QED) is 0.891. The first-order chi connectivity index (χ1) is 8.43. The van der Waals surface area contributed by atoms with Crippen molar-refractivity contribution in [3.63, 3.8) is 0 Å². The third kappa shape index (κ3) is 2.67. The van der Waals surface area contributed by atoms with E-state index < -0.39 is 9.84 Å². The van der Waals surface area contributed by atoms with Crippen LogP contribution in [-0.4, -0.2) is 33.0 Å². The second-order valence-corrected chi connectivity index (χ2v) is 7.21. The van der Waals surface area contributed by atoms with E-state index in [4.69, 9.17) is 5.73 Å². The lowest BCUT2D eigenvalue weighted by atomic mass is 10.1. The van der Waals surface area contributed by atoms with Crippen molar-refractivity contribution in [2.75, 3.05) is 23.5 Å². The number of hydrogen-bond donors (Lipinski definition) is 1. The highest BCUT2D eigenvalue weighted by Crippen LogP contribution is 2.24. The predicted molar refractivity (Wildman–Crippen MR) is 74.5 cm³/mol. The third-order valence-electron chi connectivity index (χ3n) is 3.71. The summed E-state index contributed by atoms with van der Waals surface area (Å²) in [6.45, 7) is 2.57. The van der Waals surface area contributed by atoms with E-state index in [0.717, 1.165) is 23.2 Å². The fourth-order valence-electron chi connectivity index (χ4n) is 2.42. The number of sulfone groups is 1. The Morgan fingerprint density at radius 1 is 1.44 bits per heavy atom. The maximum absolute atomic E-state index is 11.5. The minimum atomic E-state index is -2.83. The Kier molecular flexibility index (Phi) is 3.64. The standard InChI is InChI=1S/C13H20N2O2S/c1-10-7-12(4-3-11(10)8-14)15(2)13-5-6-18(16,17)9-13/h3-4,7,13H,5-6,8-9,14H2,1-2H3. The summed E-state index contributed by atoms with van der Waals surface area (Å²) in [5, 5.41) is 0. The normalized spacial score (nSPS) is 22.1. The van der Waals surface area contributed by atoms with Gasteiger partial charge in [0.05, 0.1) is 11.5 Å². The Morgan fingerprint density at radius 3 is 2.67 bits per heavy atom. The molecule has 4 nitrogen and oxygen atoms in total. The molecule has 1 unspecified atom stereocenters. The van der Waals surface area contributed by atoms with Gasteiger partial charge in [0.2, 0.25) is 0 Å². The van der Waals surface area contributed by atoms with Gasteiger partial charge in [-0.3, -0.25) is 0 Å². The van der Waals surface area contributed by atoms with E-state index in [0.29, 0.717) is 12.3 Å². The van der Waals surface area contributed by atoms with Crippen LogP contribution in [0.15, 0.2) is 18.2 Å². The molecule has 0 bridgehead atoms. The van der Waals surface area contributed by atoms with E-state index in [2.05, 4.69) is 11.0 Å². The van der Waals surface area contributed by atoms with Crippen LogP contribution in [0.3, 0.4) is 0 Å². The monoisotopic (exact) mass is 268 g/mol. The lowest BCUT2D eigenvalue weighted by molar-refractivity contribution is 0.601. The molecule has 0 amide bonds. The molecule has 100 valence electrons. The van der Waals surface area contributed by atoms with Crippen molar-refractivity contribution in [1.29, 1.82) is 0 Å². The average Bonchev–Trinajstić information content (AvgIpc) is 2.68. The van der Waals surface area contributed by atoms with Crippen LogP contribution in [0.25, 0.3) is 0 Å². The van der Waals surface area contributed by atoms with Crippen LogP contribution in [0.2, 0.25) is 0 Å². The van der Waals surface area contributed by atoms with E-state index in [1.165, 1.54) is 0 Å². The van der Waals surface area contributed by atoms with Crippen molar-refractivity contribution < 1.29 is 8.42 Å². The number of anilines is 1. The predicted octanol–water partition coefficient (Wildman–Crippen LogP) is 1.08. The second-order valence-electron chi connectivity index (χ2n) is 4.98. The molecule has 0 aliphatic carbocycles. The van der Waals surface area contributed by atoms with E-state index in [1.54, 1.807) is 0 Å². The van der Waals surface area contributed by atoms with Gasteiger partial charge < -0.3 is 10.6 Å². The lowest BCUT2D eigenvalue weighted by Gasteiger charge is -2.26. The molecule has 1 atom stereocenters. The molecule has 5 heteroatoms. The van der Waals surface area contributed by atoms with Crippen LogP contribution < -0.4 is 10.6 Å². The van der Waals surface area contributed by atoms with Crippen LogP contribution in [0.1, 0.15) is 17.5 Å². The van der Waals surface area contributed by atoms with Crippen LogP contribution >= 0.6 is 0 Å². The van der Waals surface area contributed by atoms with Crippen LogP contribution in [0.5, 0.6) is 0 Å². The minimum absolute atomic E-state index is 0.0955. The van der Waals surface area contributed by atoms with E-state index >= 15 is 0 Å². The van der Waals surface area contributed by atoms with Crippen molar-refractivity contribution in [1.82, 2.24) is 0 Å². The molecule has 1 aliphatic rings. The number of hydrogen-bond acceptors (Lipinski definition) is 4. The summed E-state index contributed by atoms with van der Waals surface area (Å²) in [6, 6.07) is 6.20. The molecule has 1 heterocycles. The zero-order chi connectivity index (χ0) is 13.3.